The van der Waals surface area contributed by atoms with Crippen LogP contribution in [0.15, 0.2) is 12.2 Å². The Balaban J connectivity index is 2.53. The van der Waals surface area contributed by atoms with Crippen LogP contribution < -0.4 is 0 Å². The number of carbonyl (C=O) groups excluding carboxylic acids is 1. The highest BCUT2D eigenvalue weighted by atomic mass is 16.1. The monoisotopic (exact) mass is 208 g/mol. The molecule has 1 fully saturated rings. The number of carbonyl (C=O) groups is 1. The van der Waals surface area contributed by atoms with Gasteiger partial charge in [-0.05, 0) is 43.1 Å². The third kappa shape index (κ3) is 3.19. The summed E-state index contributed by atoms with van der Waals surface area (Å²) in [5, 5.41) is 0. The van der Waals surface area contributed by atoms with Crippen LogP contribution in [-0.4, -0.2) is 5.78 Å². The Kier molecular flexibility index (Phi) is 4.56. The van der Waals surface area contributed by atoms with Crippen LogP contribution in [0.25, 0.3) is 0 Å². The van der Waals surface area contributed by atoms with Gasteiger partial charge in [-0.15, -0.1) is 0 Å². The molecule has 86 valence electrons. The third-order valence-electron chi connectivity index (χ3n) is 3.96. The molecule has 15 heavy (non-hydrogen) atoms. The lowest BCUT2D eigenvalue weighted by Crippen LogP contribution is -2.12. The molecule has 0 aliphatic heterocycles. The maximum absolute atomic E-state index is 11.7. The molecule has 0 bridgehead atoms. The van der Waals surface area contributed by atoms with Crippen LogP contribution in [0.2, 0.25) is 0 Å². The zero-order chi connectivity index (χ0) is 11.4. The minimum absolute atomic E-state index is 0.273. The van der Waals surface area contributed by atoms with Gasteiger partial charge in [0.15, 0.2) is 5.78 Å². The Morgan fingerprint density at radius 2 is 1.80 bits per heavy atom. The van der Waals surface area contributed by atoms with Crippen molar-refractivity contribution in [2.75, 3.05) is 0 Å². The van der Waals surface area contributed by atoms with Gasteiger partial charge >= 0.3 is 0 Å². The molecular formula is C14H24O. The minimum atomic E-state index is 0.273. The van der Waals surface area contributed by atoms with Crippen molar-refractivity contribution in [2.24, 2.45) is 17.8 Å². The highest BCUT2D eigenvalue weighted by molar-refractivity contribution is 5.94. The summed E-state index contributed by atoms with van der Waals surface area (Å²) in [6, 6.07) is 0. The lowest BCUT2D eigenvalue weighted by atomic mass is 9.88. The fourth-order valence-corrected chi connectivity index (χ4v) is 2.83. The highest BCUT2D eigenvalue weighted by Gasteiger charge is 2.33. The first-order valence-corrected chi connectivity index (χ1v) is 6.27. The average molecular weight is 208 g/mol. The van der Waals surface area contributed by atoms with E-state index in [0.29, 0.717) is 5.92 Å². The summed E-state index contributed by atoms with van der Waals surface area (Å²) in [7, 11) is 0. The van der Waals surface area contributed by atoms with Crippen LogP contribution >= 0.6 is 0 Å². The van der Waals surface area contributed by atoms with Gasteiger partial charge in [0.05, 0.1) is 0 Å². The van der Waals surface area contributed by atoms with E-state index in [1.807, 2.05) is 6.92 Å². The summed E-state index contributed by atoms with van der Waals surface area (Å²) >= 11 is 0. The van der Waals surface area contributed by atoms with E-state index in [0.717, 1.165) is 23.8 Å². The van der Waals surface area contributed by atoms with Crippen LogP contribution in [0.4, 0.5) is 0 Å². The van der Waals surface area contributed by atoms with Gasteiger partial charge in [0, 0.05) is 6.42 Å². The van der Waals surface area contributed by atoms with Gasteiger partial charge in [-0.3, -0.25) is 4.79 Å². The lowest BCUT2D eigenvalue weighted by molar-refractivity contribution is -0.116. The number of hydrogen-bond acceptors (Lipinski definition) is 1. The second kappa shape index (κ2) is 5.48. The van der Waals surface area contributed by atoms with Gasteiger partial charge in [-0.1, -0.05) is 33.3 Å². The van der Waals surface area contributed by atoms with E-state index in [-0.39, 0.29) is 5.78 Å². The van der Waals surface area contributed by atoms with Crippen molar-refractivity contribution in [2.45, 2.75) is 52.9 Å². The summed E-state index contributed by atoms with van der Waals surface area (Å²) in [6.45, 7) is 10.1. The predicted octanol–water partition coefficient (Wildman–Crippen LogP) is 3.98. The van der Waals surface area contributed by atoms with Crippen molar-refractivity contribution >= 4 is 5.78 Å². The van der Waals surface area contributed by atoms with E-state index in [1.54, 1.807) is 0 Å². The number of ketones is 1. The fraction of sp³-hybridized carbons (Fsp3) is 0.786. The van der Waals surface area contributed by atoms with Crippen LogP contribution in [0.5, 0.6) is 0 Å². The van der Waals surface area contributed by atoms with Crippen molar-refractivity contribution in [3.63, 3.8) is 0 Å². The molecule has 0 saturated heterocycles. The zero-order valence-corrected chi connectivity index (χ0v) is 10.4. The molecular weight excluding hydrogens is 184 g/mol. The quantitative estimate of drug-likeness (QED) is 0.624. The second-order valence-electron chi connectivity index (χ2n) is 5.08. The van der Waals surface area contributed by atoms with Crippen molar-refractivity contribution in [3.8, 4) is 0 Å². The highest BCUT2D eigenvalue weighted by Crippen LogP contribution is 2.41. The average Bonchev–Trinajstić information content (AvgIpc) is 2.60. The standard InChI is InChI=1S/C14H24O/c1-5-11-7-12(6-2)13(8-11)9-14(15)10(3)4/h11-13H,3,5-9H2,1-2,4H3. The molecule has 0 aromatic carbocycles. The van der Waals surface area contributed by atoms with Crippen molar-refractivity contribution in [1.82, 2.24) is 0 Å². The Morgan fingerprint density at radius 1 is 1.20 bits per heavy atom. The molecule has 0 N–H and O–H groups in total. The van der Waals surface area contributed by atoms with Crippen molar-refractivity contribution in [3.05, 3.63) is 12.2 Å². The predicted molar refractivity (Wildman–Crippen MR) is 64.7 cm³/mol. The molecule has 1 aliphatic rings. The van der Waals surface area contributed by atoms with Gasteiger partial charge in [0.1, 0.15) is 0 Å². The first-order valence-electron chi connectivity index (χ1n) is 6.27. The molecule has 0 aromatic rings. The number of allylic oxidation sites excluding steroid dienone is 1. The van der Waals surface area contributed by atoms with Gasteiger partial charge in [0.25, 0.3) is 0 Å². The minimum Gasteiger partial charge on any atom is -0.295 e. The molecule has 1 aliphatic carbocycles. The maximum Gasteiger partial charge on any atom is 0.158 e. The summed E-state index contributed by atoms with van der Waals surface area (Å²) in [5.41, 5.74) is 0.727. The Morgan fingerprint density at radius 3 is 2.27 bits per heavy atom. The Hall–Kier alpha value is -0.590. The van der Waals surface area contributed by atoms with Crippen molar-refractivity contribution in [1.29, 1.82) is 0 Å². The Labute approximate surface area is 93.9 Å². The molecule has 3 unspecified atom stereocenters. The zero-order valence-electron chi connectivity index (χ0n) is 10.4. The van der Waals surface area contributed by atoms with Crippen LogP contribution in [0.3, 0.4) is 0 Å². The Bertz CT molecular complexity index is 242. The maximum atomic E-state index is 11.7. The SMILES string of the molecule is C=C(C)C(=O)CC1CC(CC)CC1CC. The van der Waals surface area contributed by atoms with E-state index in [1.165, 1.54) is 25.7 Å². The van der Waals surface area contributed by atoms with Crippen LogP contribution in [-0.2, 0) is 4.79 Å². The summed E-state index contributed by atoms with van der Waals surface area (Å²) in [5.74, 6) is 2.54. The number of Topliss-reactive ketones (excluding diaryl/α,β-unsaturated/α-hetero) is 1. The van der Waals surface area contributed by atoms with Crippen molar-refractivity contribution < 1.29 is 4.79 Å². The van der Waals surface area contributed by atoms with Gasteiger partial charge in [-0.25, -0.2) is 0 Å². The van der Waals surface area contributed by atoms with Crippen LogP contribution in [0.1, 0.15) is 52.9 Å². The summed E-state index contributed by atoms with van der Waals surface area (Å²) in [6.07, 6.45) is 5.83. The van der Waals surface area contributed by atoms with E-state index >= 15 is 0 Å². The van der Waals surface area contributed by atoms with Gasteiger partial charge in [0.2, 0.25) is 0 Å². The topological polar surface area (TPSA) is 17.1 Å². The molecule has 0 heterocycles. The first kappa shape index (κ1) is 12.5. The number of rotatable bonds is 5. The molecule has 1 nitrogen and oxygen atoms in total. The number of hydrogen-bond donors (Lipinski definition) is 0. The second-order valence-corrected chi connectivity index (χ2v) is 5.08. The molecule has 3 atom stereocenters. The molecule has 0 spiro atoms. The van der Waals surface area contributed by atoms with Gasteiger partial charge in [-0.2, -0.15) is 0 Å². The first-order chi connectivity index (χ1) is 7.08. The molecule has 1 rings (SSSR count). The van der Waals surface area contributed by atoms with Gasteiger partial charge < -0.3 is 0 Å². The lowest BCUT2D eigenvalue weighted by Gasteiger charge is -2.16. The van der Waals surface area contributed by atoms with E-state index in [9.17, 15) is 4.79 Å². The van der Waals surface area contributed by atoms with E-state index < -0.39 is 0 Å². The molecule has 1 heteroatoms. The molecule has 0 amide bonds. The molecule has 0 radical (unpaired) electrons. The van der Waals surface area contributed by atoms with Crippen LogP contribution in [0, 0.1) is 17.8 Å². The molecule has 0 aromatic heterocycles. The summed E-state index contributed by atoms with van der Waals surface area (Å²) < 4.78 is 0. The molecule has 1 saturated carbocycles. The summed E-state index contributed by atoms with van der Waals surface area (Å²) in [4.78, 5) is 11.7. The largest absolute Gasteiger partial charge is 0.295 e. The fourth-order valence-electron chi connectivity index (χ4n) is 2.83. The third-order valence-corrected chi connectivity index (χ3v) is 3.96. The normalized spacial score (nSPS) is 30.5. The smallest absolute Gasteiger partial charge is 0.158 e. The van der Waals surface area contributed by atoms with E-state index in [4.69, 9.17) is 0 Å². The van der Waals surface area contributed by atoms with E-state index in [2.05, 4.69) is 20.4 Å².